The number of hydrogen-bond donors (Lipinski definition) is 2. The molecule has 6 nitrogen and oxygen atoms in total. The lowest BCUT2D eigenvalue weighted by molar-refractivity contribution is 0.142. The first kappa shape index (κ1) is 21.9. The van der Waals surface area contributed by atoms with Gasteiger partial charge >= 0.3 is 0 Å². The Morgan fingerprint density at radius 1 is 1.00 bits per heavy atom. The van der Waals surface area contributed by atoms with Crippen LogP contribution in [-0.4, -0.2) is 28.1 Å². The lowest BCUT2D eigenvalue weighted by Crippen LogP contribution is -2.46. The first-order chi connectivity index (χ1) is 13.4. The Hall–Kier alpha value is -1.81. The molecular formula is C20H25FN2O4S2. The molecule has 1 saturated carbocycles. The molecule has 158 valence electrons. The van der Waals surface area contributed by atoms with Crippen molar-refractivity contribution in [2.24, 2.45) is 5.14 Å². The van der Waals surface area contributed by atoms with E-state index in [2.05, 4.69) is 4.72 Å². The first-order valence-corrected chi connectivity index (χ1v) is 12.5. The second kappa shape index (κ2) is 7.79. The zero-order valence-electron chi connectivity index (χ0n) is 16.3. The highest BCUT2D eigenvalue weighted by molar-refractivity contribution is 7.90. The Kier molecular flexibility index (Phi) is 5.88. The van der Waals surface area contributed by atoms with Gasteiger partial charge in [0, 0.05) is 0 Å². The van der Waals surface area contributed by atoms with Crippen LogP contribution in [0.3, 0.4) is 0 Å². The van der Waals surface area contributed by atoms with Crippen LogP contribution in [0, 0.1) is 0 Å². The maximum absolute atomic E-state index is 15.8. The van der Waals surface area contributed by atoms with Crippen molar-refractivity contribution in [3.05, 3.63) is 54.1 Å². The van der Waals surface area contributed by atoms with Crippen molar-refractivity contribution >= 4 is 20.0 Å². The Labute approximate surface area is 171 Å². The molecule has 3 rings (SSSR count). The highest BCUT2D eigenvalue weighted by Crippen LogP contribution is 2.43. The van der Waals surface area contributed by atoms with Crippen molar-refractivity contribution in [1.82, 2.24) is 4.72 Å². The summed E-state index contributed by atoms with van der Waals surface area (Å²) in [7, 11) is -7.34. The molecule has 29 heavy (non-hydrogen) atoms. The summed E-state index contributed by atoms with van der Waals surface area (Å²) in [5, 5.41) is 4.48. The van der Waals surface area contributed by atoms with Gasteiger partial charge in [-0.05, 0) is 61.9 Å². The molecular weight excluding hydrogens is 415 g/mol. The SMILES string of the molecule is CC(C)S(=O)(=O)N[C@H]1CCC[C@]1(F)c1ccc(-c2ccc(S(N)(=O)=O)cc2)cc1. The smallest absolute Gasteiger partial charge is 0.237 e. The van der Waals surface area contributed by atoms with Crippen LogP contribution >= 0.6 is 0 Å². The van der Waals surface area contributed by atoms with Crippen LogP contribution in [0.1, 0.15) is 38.7 Å². The molecule has 9 heteroatoms. The van der Waals surface area contributed by atoms with Crippen molar-refractivity contribution in [2.45, 2.75) is 55.0 Å². The zero-order chi connectivity index (χ0) is 21.4. The molecule has 0 spiro atoms. The number of alkyl halides is 1. The molecule has 1 fully saturated rings. The van der Waals surface area contributed by atoms with Gasteiger partial charge in [-0.1, -0.05) is 36.4 Å². The maximum Gasteiger partial charge on any atom is 0.238 e. The summed E-state index contributed by atoms with van der Waals surface area (Å²) in [6, 6.07) is 12.1. The fourth-order valence-electron chi connectivity index (χ4n) is 3.58. The summed E-state index contributed by atoms with van der Waals surface area (Å²) in [6.45, 7) is 3.13. The quantitative estimate of drug-likeness (QED) is 0.720. The molecule has 1 aliphatic carbocycles. The van der Waals surface area contributed by atoms with Crippen LogP contribution in [0.5, 0.6) is 0 Å². The fourth-order valence-corrected chi connectivity index (χ4v) is 5.06. The van der Waals surface area contributed by atoms with Crippen molar-refractivity contribution < 1.29 is 21.2 Å². The van der Waals surface area contributed by atoms with E-state index in [4.69, 9.17) is 5.14 Å². The van der Waals surface area contributed by atoms with Gasteiger partial charge in [0.1, 0.15) is 0 Å². The number of benzene rings is 2. The van der Waals surface area contributed by atoms with Gasteiger partial charge in [-0.3, -0.25) is 0 Å². The number of nitrogens with one attached hydrogen (secondary N) is 1. The van der Waals surface area contributed by atoms with Crippen molar-refractivity contribution in [3.8, 4) is 11.1 Å². The third-order valence-electron chi connectivity index (χ3n) is 5.39. The molecule has 0 aromatic heterocycles. The van der Waals surface area contributed by atoms with Crippen LogP contribution in [0.2, 0.25) is 0 Å². The van der Waals surface area contributed by atoms with E-state index in [-0.39, 0.29) is 11.3 Å². The van der Waals surface area contributed by atoms with Gasteiger partial charge in [-0.15, -0.1) is 0 Å². The number of sulfonamides is 2. The third-order valence-corrected chi connectivity index (χ3v) is 8.18. The maximum atomic E-state index is 15.8. The zero-order valence-corrected chi connectivity index (χ0v) is 17.9. The highest BCUT2D eigenvalue weighted by atomic mass is 32.2. The van der Waals surface area contributed by atoms with E-state index in [1.165, 1.54) is 12.1 Å². The third kappa shape index (κ3) is 4.53. The minimum Gasteiger partial charge on any atom is -0.237 e. The van der Waals surface area contributed by atoms with Gasteiger partial charge < -0.3 is 0 Å². The Bertz CT molecular complexity index is 1080. The van der Waals surface area contributed by atoms with Gasteiger partial charge in [0.2, 0.25) is 20.0 Å². The van der Waals surface area contributed by atoms with E-state index in [1.807, 2.05) is 0 Å². The summed E-state index contributed by atoms with van der Waals surface area (Å²) in [6.07, 6.45) is 1.29. The lowest BCUT2D eigenvalue weighted by atomic mass is 9.89. The summed E-state index contributed by atoms with van der Waals surface area (Å²) in [5.41, 5.74) is 0.213. The monoisotopic (exact) mass is 440 g/mol. The molecule has 2 atom stereocenters. The predicted molar refractivity (Wildman–Crippen MR) is 111 cm³/mol. The highest BCUT2D eigenvalue weighted by Gasteiger charge is 2.46. The number of primary sulfonamides is 1. The molecule has 0 heterocycles. The first-order valence-electron chi connectivity index (χ1n) is 9.37. The van der Waals surface area contributed by atoms with Crippen molar-refractivity contribution in [1.29, 1.82) is 0 Å². The van der Waals surface area contributed by atoms with E-state index < -0.39 is 37.0 Å². The van der Waals surface area contributed by atoms with Crippen molar-refractivity contribution in [2.75, 3.05) is 0 Å². The van der Waals surface area contributed by atoms with Gasteiger partial charge in [-0.25, -0.2) is 31.1 Å². The molecule has 2 aromatic carbocycles. The van der Waals surface area contributed by atoms with Crippen LogP contribution in [-0.2, 0) is 25.7 Å². The molecule has 0 unspecified atom stereocenters. The topological polar surface area (TPSA) is 106 Å². The van der Waals surface area contributed by atoms with Crippen molar-refractivity contribution in [3.63, 3.8) is 0 Å². The molecule has 0 saturated heterocycles. The van der Waals surface area contributed by atoms with E-state index in [9.17, 15) is 16.8 Å². The molecule has 0 aliphatic heterocycles. The Morgan fingerprint density at radius 2 is 1.52 bits per heavy atom. The minimum absolute atomic E-state index is 0.0202. The van der Waals surface area contributed by atoms with Gasteiger partial charge in [0.25, 0.3) is 0 Å². The van der Waals surface area contributed by atoms with Crippen LogP contribution in [0.15, 0.2) is 53.4 Å². The summed E-state index contributed by atoms with van der Waals surface area (Å²) >= 11 is 0. The molecule has 0 bridgehead atoms. The minimum atomic E-state index is -3.76. The van der Waals surface area contributed by atoms with E-state index >= 15 is 4.39 Å². The molecule has 0 radical (unpaired) electrons. The van der Waals surface area contributed by atoms with E-state index in [0.29, 0.717) is 18.4 Å². The predicted octanol–water partition coefficient (Wildman–Crippen LogP) is 3.05. The van der Waals surface area contributed by atoms with Gasteiger partial charge in [0.05, 0.1) is 16.2 Å². The number of halogens is 1. The summed E-state index contributed by atoms with van der Waals surface area (Å²) < 4.78 is 65.5. The summed E-state index contributed by atoms with van der Waals surface area (Å²) in [5.74, 6) is 0. The average molecular weight is 441 g/mol. The van der Waals surface area contributed by atoms with E-state index in [1.54, 1.807) is 50.2 Å². The van der Waals surface area contributed by atoms with Gasteiger partial charge in [0.15, 0.2) is 5.67 Å². The number of rotatable bonds is 6. The summed E-state index contributed by atoms with van der Waals surface area (Å²) in [4.78, 5) is 0.0202. The van der Waals surface area contributed by atoms with Crippen LogP contribution in [0.25, 0.3) is 11.1 Å². The van der Waals surface area contributed by atoms with Crippen LogP contribution in [0.4, 0.5) is 4.39 Å². The second-order valence-corrected chi connectivity index (χ2v) is 11.5. The molecule has 3 N–H and O–H groups in total. The average Bonchev–Trinajstić information content (AvgIpc) is 3.02. The second-order valence-electron chi connectivity index (χ2n) is 7.67. The molecule has 0 amide bonds. The standard InChI is InChI=1S/C20H25FN2O4S2/c1-14(2)29(26,27)23-19-4-3-13-20(19,21)17-9-5-15(6-10-17)16-7-11-18(12-8-16)28(22,24)25/h5-12,14,19,23H,3-4,13H2,1-2H3,(H2,22,24,25)/t19-,20-/m0/s1. The number of hydrogen-bond acceptors (Lipinski definition) is 4. The normalized spacial score (nSPS) is 22.9. The fraction of sp³-hybridized carbons (Fsp3) is 0.400. The Morgan fingerprint density at radius 3 is 2.00 bits per heavy atom. The Balaban J connectivity index is 1.85. The molecule has 1 aliphatic rings. The largest absolute Gasteiger partial charge is 0.238 e. The van der Waals surface area contributed by atoms with Crippen LogP contribution < -0.4 is 9.86 Å². The molecule has 2 aromatic rings. The van der Waals surface area contributed by atoms with E-state index in [0.717, 1.165) is 11.1 Å². The lowest BCUT2D eigenvalue weighted by Gasteiger charge is -2.29. The van der Waals surface area contributed by atoms with Gasteiger partial charge in [-0.2, -0.15) is 0 Å². The number of nitrogens with two attached hydrogens (primary N) is 1.